The minimum Gasteiger partial charge on any atom is -0.449 e. The van der Waals surface area contributed by atoms with Crippen LogP contribution in [-0.2, 0) is 15.7 Å². The molecule has 13 heteroatoms. The number of carbonyl (C=O) groups is 2. The van der Waals surface area contributed by atoms with Crippen LogP contribution < -0.4 is 16.4 Å². The topological polar surface area (TPSA) is 137 Å². The van der Waals surface area contributed by atoms with Crippen molar-refractivity contribution in [3.63, 3.8) is 0 Å². The van der Waals surface area contributed by atoms with Gasteiger partial charge in [-0.05, 0) is 39.0 Å². The van der Waals surface area contributed by atoms with Crippen LogP contribution >= 0.6 is 0 Å². The quantitative estimate of drug-likeness (QED) is 0.526. The van der Waals surface area contributed by atoms with E-state index in [0.29, 0.717) is 5.65 Å². The summed E-state index contributed by atoms with van der Waals surface area (Å²) < 4.78 is 45.6. The van der Waals surface area contributed by atoms with Crippen LogP contribution in [0, 0.1) is 0 Å². The second-order valence-electron chi connectivity index (χ2n) is 8.11. The molecule has 0 aliphatic rings. The Bertz CT molecular complexity index is 1190. The Hall–Kier alpha value is -3.90. The number of anilines is 2. The minimum atomic E-state index is -4.65. The fourth-order valence-electron chi connectivity index (χ4n) is 2.72. The number of nitrogens with one attached hydrogen (secondary N) is 2. The highest BCUT2D eigenvalue weighted by Gasteiger charge is 2.34. The third kappa shape index (κ3) is 6.30. The third-order valence-corrected chi connectivity index (χ3v) is 4.15. The van der Waals surface area contributed by atoms with Gasteiger partial charge >= 0.3 is 12.3 Å². The molecule has 3 heterocycles. The first-order valence-corrected chi connectivity index (χ1v) is 9.76. The summed E-state index contributed by atoms with van der Waals surface area (Å²) in [5, 5.41) is 9.37. The Balaban J connectivity index is 1.67. The van der Waals surface area contributed by atoms with Gasteiger partial charge in [0.2, 0.25) is 5.91 Å². The number of ether oxygens (including phenoxy) is 1. The number of nitrogen functional groups attached to an aromatic ring is 1. The smallest absolute Gasteiger partial charge is 0.419 e. The average Bonchev–Trinajstić information content (AvgIpc) is 3.07. The van der Waals surface area contributed by atoms with Gasteiger partial charge in [-0.1, -0.05) is 0 Å². The Morgan fingerprint density at radius 2 is 1.94 bits per heavy atom. The van der Waals surface area contributed by atoms with Gasteiger partial charge in [0, 0.05) is 17.3 Å². The first-order chi connectivity index (χ1) is 15.3. The van der Waals surface area contributed by atoms with Gasteiger partial charge in [0.05, 0.1) is 23.9 Å². The molecule has 33 heavy (non-hydrogen) atoms. The zero-order valence-electron chi connectivity index (χ0n) is 18.0. The summed E-state index contributed by atoms with van der Waals surface area (Å²) in [4.78, 5) is 31.5. The Morgan fingerprint density at radius 1 is 1.21 bits per heavy atom. The number of imidazole rings is 1. The van der Waals surface area contributed by atoms with Gasteiger partial charge in [-0.25, -0.2) is 19.3 Å². The molecule has 3 aromatic heterocycles. The number of alkyl carbamates (subject to hydrolysis) is 1. The molecular formula is C20H22F3N7O3. The lowest BCUT2D eigenvalue weighted by Gasteiger charge is -2.19. The summed E-state index contributed by atoms with van der Waals surface area (Å²) in [6.07, 6.45) is -2.79. The van der Waals surface area contributed by atoms with Crippen LogP contribution in [0.3, 0.4) is 0 Å². The second-order valence-corrected chi connectivity index (χ2v) is 8.11. The van der Waals surface area contributed by atoms with Crippen molar-refractivity contribution in [2.75, 3.05) is 17.7 Å². The fourth-order valence-corrected chi connectivity index (χ4v) is 2.72. The van der Waals surface area contributed by atoms with Crippen molar-refractivity contribution in [3.05, 3.63) is 36.2 Å². The molecule has 176 valence electrons. The third-order valence-electron chi connectivity index (χ3n) is 4.15. The van der Waals surface area contributed by atoms with Gasteiger partial charge in [-0.15, -0.1) is 0 Å². The number of hydrogen-bond donors (Lipinski definition) is 3. The van der Waals surface area contributed by atoms with Gasteiger partial charge in [0.1, 0.15) is 12.4 Å². The molecule has 0 atom stereocenters. The number of aromatic nitrogens is 4. The van der Waals surface area contributed by atoms with E-state index in [-0.39, 0.29) is 30.1 Å². The highest BCUT2D eigenvalue weighted by molar-refractivity contribution is 5.90. The van der Waals surface area contributed by atoms with E-state index in [1.807, 2.05) is 0 Å². The number of rotatable bonds is 5. The van der Waals surface area contributed by atoms with Crippen molar-refractivity contribution in [1.82, 2.24) is 24.9 Å². The predicted molar refractivity (Wildman–Crippen MR) is 113 cm³/mol. The second kappa shape index (κ2) is 8.92. The monoisotopic (exact) mass is 465 g/mol. The average molecular weight is 465 g/mol. The first kappa shape index (κ1) is 23.8. The van der Waals surface area contributed by atoms with Crippen LogP contribution in [0.5, 0.6) is 0 Å². The lowest BCUT2D eigenvalue weighted by atomic mass is 10.1. The Kier molecular flexibility index (Phi) is 6.42. The molecule has 3 rings (SSSR count). The molecule has 0 unspecified atom stereocenters. The van der Waals surface area contributed by atoms with Crippen LogP contribution in [-0.4, -0.2) is 43.7 Å². The van der Waals surface area contributed by atoms with Gasteiger partial charge in [0.15, 0.2) is 11.5 Å². The summed E-state index contributed by atoms with van der Waals surface area (Å²) in [6, 6.07) is 3.87. The standard InChI is InChI=1S/C20H22F3N7O3/c1-19(2,3)28-18(32)33-7-6-16(31)27-14-10-30-15(26-14)5-4-13(29-30)11-8-12(20(21,22)23)17(24)25-9-11/h4-5,8-10H,6-7H2,1-3H3,(H2,24,25)(H,27,31)(H,28,32). The number of hydrogen-bond acceptors (Lipinski definition) is 7. The maximum Gasteiger partial charge on any atom is 0.419 e. The van der Waals surface area contributed by atoms with Crippen LogP contribution in [0.1, 0.15) is 32.8 Å². The number of alkyl halides is 3. The highest BCUT2D eigenvalue weighted by Crippen LogP contribution is 2.34. The van der Waals surface area contributed by atoms with E-state index in [1.165, 1.54) is 29.0 Å². The SMILES string of the molecule is CC(C)(C)NC(=O)OCCC(=O)Nc1cn2nc(-c3cnc(N)c(C(F)(F)F)c3)ccc2n1. The number of halogens is 3. The largest absolute Gasteiger partial charge is 0.449 e. The molecule has 10 nitrogen and oxygen atoms in total. The molecule has 0 saturated heterocycles. The van der Waals surface area contributed by atoms with E-state index in [9.17, 15) is 22.8 Å². The zero-order chi connectivity index (χ0) is 24.4. The van der Waals surface area contributed by atoms with E-state index in [4.69, 9.17) is 10.5 Å². The van der Waals surface area contributed by atoms with E-state index >= 15 is 0 Å². The molecule has 0 aliphatic carbocycles. The number of nitrogens with zero attached hydrogens (tertiary/aromatic N) is 4. The molecule has 0 aromatic carbocycles. The summed E-state index contributed by atoms with van der Waals surface area (Å²) in [5.74, 6) is -0.894. The maximum absolute atomic E-state index is 13.1. The predicted octanol–water partition coefficient (Wildman–Crippen LogP) is 3.25. The summed E-state index contributed by atoms with van der Waals surface area (Å²) >= 11 is 0. The van der Waals surface area contributed by atoms with Crippen molar-refractivity contribution in [1.29, 1.82) is 0 Å². The van der Waals surface area contributed by atoms with Gasteiger partial charge < -0.3 is 21.1 Å². The Labute approximate surface area is 186 Å². The van der Waals surface area contributed by atoms with Crippen LogP contribution in [0.25, 0.3) is 16.9 Å². The molecule has 4 N–H and O–H groups in total. The number of amides is 2. The van der Waals surface area contributed by atoms with E-state index < -0.39 is 35.1 Å². The van der Waals surface area contributed by atoms with Crippen molar-refractivity contribution in [2.24, 2.45) is 0 Å². The number of nitrogens with two attached hydrogens (primary N) is 1. The molecule has 2 amide bonds. The molecule has 0 radical (unpaired) electrons. The van der Waals surface area contributed by atoms with E-state index in [1.54, 1.807) is 20.8 Å². The highest BCUT2D eigenvalue weighted by atomic mass is 19.4. The maximum atomic E-state index is 13.1. The van der Waals surface area contributed by atoms with Gasteiger partial charge in [-0.2, -0.15) is 18.3 Å². The van der Waals surface area contributed by atoms with E-state index in [2.05, 4.69) is 25.7 Å². The molecule has 0 fully saturated rings. The van der Waals surface area contributed by atoms with Crippen LogP contribution in [0.4, 0.5) is 29.6 Å². The molecule has 0 bridgehead atoms. The van der Waals surface area contributed by atoms with Gasteiger partial charge in [0.25, 0.3) is 0 Å². The summed E-state index contributed by atoms with van der Waals surface area (Å²) in [5.41, 5.74) is 4.49. The first-order valence-electron chi connectivity index (χ1n) is 9.76. The van der Waals surface area contributed by atoms with Crippen LogP contribution in [0.15, 0.2) is 30.6 Å². The number of carbonyl (C=O) groups excluding carboxylic acids is 2. The molecule has 0 spiro atoms. The molecule has 3 aromatic rings. The van der Waals surface area contributed by atoms with Crippen molar-refractivity contribution >= 4 is 29.3 Å². The zero-order valence-corrected chi connectivity index (χ0v) is 18.0. The summed E-state index contributed by atoms with van der Waals surface area (Å²) in [6.45, 7) is 5.25. The normalized spacial score (nSPS) is 11.9. The lowest BCUT2D eigenvalue weighted by molar-refractivity contribution is -0.137. The number of fused-ring (bicyclic) bond motifs is 1. The van der Waals surface area contributed by atoms with Crippen molar-refractivity contribution < 1.29 is 27.5 Å². The molecule has 0 saturated carbocycles. The summed E-state index contributed by atoms with van der Waals surface area (Å²) in [7, 11) is 0. The minimum absolute atomic E-state index is 0.0958. The molecule has 0 aliphatic heterocycles. The van der Waals surface area contributed by atoms with Crippen molar-refractivity contribution in [2.45, 2.75) is 38.9 Å². The molecular weight excluding hydrogens is 443 g/mol. The van der Waals surface area contributed by atoms with Gasteiger partial charge in [-0.3, -0.25) is 4.79 Å². The Morgan fingerprint density at radius 3 is 2.61 bits per heavy atom. The number of pyridine rings is 1. The lowest BCUT2D eigenvalue weighted by Crippen LogP contribution is -2.41. The van der Waals surface area contributed by atoms with Crippen LogP contribution in [0.2, 0.25) is 0 Å². The van der Waals surface area contributed by atoms with Crippen molar-refractivity contribution in [3.8, 4) is 11.3 Å². The fraction of sp³-hybridized carbons (Fsp3) is 0.350. The van der Waals surface area contributed by atoms with E-state index in [0.717, 1.165) is 6.07 Å².